The zero-order valence-corrected chi connectivity index (χ0v) is 16.5. The molecule has 1 heterocycles. The Morgan fingerprint density at radius 3 is 2.59 bits per heavy atom. The van der Waals surface area contributed by atoms with Crippen LogP contribution in [0.25, 0.3) is 6.08 Å². The average Bonchev–Trinajstić information content (AvgIpc) is 2.89. The summed E-state index contributed by atoms with van der Waals surface area (Å²) in [6.45, 7) is 6.92. The Hall–Kier alpha value is -2.48. The summed E-state index contributed by atoms with van der Waals surface area (Å²) in [7, 11) is 0. The van der Waals surface area contributed by atoms with Crippen LogP contribution in [-0.4, -0.2) is 48.4 Å². The first-order chi connectivity index (χ1) is 12.9. The summed E-state index contributed by atoms with van der Waals surface area (Å²) < 4.78 is 10.4. The van der Waals surface area contributed by atoms with Gasteiger partial charge in [0.2, 0.25) is 0 Å². The van der Waals surface area contributed by atoms with E-state index in [1.165, 1.54) is 0 Å². The van der Waals surface area contributed by atoms with E-state index in [9.17, 15) is 14.4 Å². The zero-order valence-electron chi connectivity index (χ0n) is 15.7. The van der Waals surface area contributed by atoms with Crippen molar-refractivity contribution in [1.82, 2.24) is 10.2 Å². The number of benzene rings is 1. The van der Waals surface area contributed by atoms with Gasteiger partial charge in [0.25, 0.3) is 11.1 Å². The average molecular weight is 392 g/mol. The minimum absolute atomic E-state index is 0.0993. The number of nitrogens with one attached hydrogen (secondary N) is 1. The molecule has 1 saturated heterocycles. The van der Waals surface area contributed by atoms with Gasteiger partial charge >= 0.3 is 6.09 Å². The lowest BCUT2D eigenvalue weighted by atomic mass is 10.2. The molecule has 1 fully saturated rings. The summed E-state index contributed by atoms with van der Waals surface area (Å²) in [6.07, 6.45) is 1.12. The van der Waals surface area contributed by atoms with E-state index in [0.717, 1.165) is 28.0 Å². The third kappa shape index (κ3) is 6.32. The summed E-state index contributed by atoms with van der Waals surface area (Å²) in [5, 5.41) is 2.19. The van der Waals surface area contributed by atoms with Gasteiger partial charge in [-0.25, -0.2) is 4.79 Å². The first kappa shape index (κ1) is 20.8. The molecule has 1 aliphatic rings. The second-order valence-electron chi connectivity index (χ2n) is 6.25. The van der Waals surface area contributed by atoms with Gasteiger partial charge in [-0.05, 0) is 48.4 Å². The van der Waals surface area contributed by atoms with Crippen molar-refractivity contribution in [2.45, 2.75) is 20.8 Å². The Labute approximate surface area is 163 Å². The van der Waals surface area contributed by atoms with Crippen LogP contribution in [0.5, 0.6) is 5.75 Å². The van der Waals surface area contributed by atoms with Crippen LogP contribution in [0, 0.1) is 5.92 Å². The van der Waals surface area contributed by atoms with Gasteiger partial charge in [-0.15, -0.1) is 0 Å². The van der Waals surface area contributed by atoms with Crippen molar-refractivity contribution in [3.8, 4) is 5.75 Å². The molecular formula is C19H24N2O5S. The van der Waals surface area contributed by atoms with Crippen LogP contribution in [0.2, 0.25) is 0 Å². The van der Waals surface area contributed by atoms with Crippen LogP contribution >= 0.6 is 11.8 Å². The van der Waals surface area contributed by atoms with Crippen molar-refractivity contribution < 1.29 is 23.9 Å². The maximum absolute atomic E-state index is 12.4. The second-order valence-corrected chi connectivity index (χ2v) is 7.25. The van der Waals surface area contributed by atoms with Crippen LogP contribution in [0.4, 0.5) is 9.59 Å². The fourth-order valence-corrected chi connectivity index (χ4v) is 3.10. The predicted molar refractivity (Wildman–Crippen MR) is 104 cm³/mol. The standard InChI is InChI=1S/C19H24N2O5S/c1-4-25-15-7-5-14(6-8-15)11-16-17(22)21(19(24)27-16)10-9-20-18(23)26-12-13(2)3/h5-8,11,13H,4,9-10,12H2,1-3H3,(H,20,23)/b16-11-. The smallest absolute Gasteiger partial charge is 0.407 e. The molecule has 0 aromatic heterocycles. The highest BCUT2D eigenvalue weighted by molar-refractivity contribution is 8.18. The molecule has 0 radical (unpaired) electrons. The molecule has 27 heavy (non-hydrogen) atoms. The second kappa shape index (κ2) is 10.0. The zero-order chi connectivity index (χ0) is 19.8. The SMILES string of the molecule is CCOc1ccc(/C=C2\SC(=O)N(CCNC(=O)OCC(C)C)C2=O)cc1. The van der Waals surface area contributed by atoms with Gasteiger partial charge in [0, 0.05) is 13.1 Å². The molecular weight excluding hydrogens is 368 g/mol. The third-order valence-electron chi connectivity index (χ3n) is 3.51. The molecule has 0 saturated carbocycles. The van der Waals surface area contributed by atoms with E-state index in [4.69, 9.17) is 9.47 Å². The van der Waals surface area contributed by atoms with Crippen molar-refractivity contribution in [2.24, 2.45) is 5.92 Å². The molecule has 7 nitrogen and oxygen atoms in total. The fourth-order valence-electron chi connectivity index (χ4n) is 2.23. The van der Waals surface area contributed by atoms with Gasteiger partial charge in [-0.1, -0.05) is 26.0 Å². The largest absolute Gasteiger partial charge is 0.494 e. The summed E-state index contributed by atoms with van der Waals surface area (Å²) in [5.41, 5.74) is 0.805. The van der Waals surface area contributed by atoms with Gasteiger partial charge in [0.05, 0.1) is 18.1 Å². The Bertz CT molecular complexity index is 715. The first-order valence-corrected chi connectivity index (χ1v) is 9.61. The Morgan fingerprint density at radius 2 is 1.96 bits per heavy atom. The molecule has 1 aliphatic heterocycles. The van der Waals surface area contributed by atoms with E-state index in [0.29, 0.717) is 18.1 Å². The van der Waals surface area contributed by atoms with Crippen LogP contribution < -0.4 is 10.1 Å². The van der Waals surface area contributed by atoms with Gasteiger partial charge in [-0.3, -0.25) is 14.5 Å². The first-order valence-electron chi connectivity index (χ1n) is 8.79. The van der Waals surface area contributed by atoms with E-state index in [-0.39, 0.29) is 30.2 Å². The Balaban J connectivity index is 1.89. The lowest BCUT2D eigenvalue weighted by molar-refractivity contribution is -0.122. The number of thioether (sulfide) groups is 1. The fraction of sp³-hybridized carbons (Fsp3) is 0.421. The topological polar surface area (TPSA) is 84.9 Å². The number of hydrogen-bond donors (Lipinski definition) is 1. The molecule has 0 spiro atoms. The van der Waals surface area contributed by atoms with Crippen molar-refractivity contribution in [2.75, 3.05) is 26.3 Å². The van der Waals surface area contributed by atoms with E-state index in [1.54, 1.807) is 6.08 Å². The maximum Gasteiger partial charge on any atom is 0.407 e. The van der Waals surface area contributed by atoms with Crippen molar-refractivity contribution in [1.29, 1.82) is 0 Å². The van der Waals surface area contributed by atoms with E-state index < -0.39 is 6.09 Å². The maximum atomic E-state index is 12.4. The summed E-state index contributed by atoms with van der Waals surface area (Å²) in [4.78, 5) is 37.5. The lowest BCUT2D eigenvalue weighted by Gasteiger charge is -2.13. The van der Waals surface area contributed by atoms with Crippen LogP contribution in [0.3, 0.4) is 0 Å². The monoisotopic (exact) mass is 392 g/mol. The van der Waals surface area contributed by atoms with Crippen LogP contribution in [0.15, 0.2) is 29.2 Å². The highest BCUT2D eigenvalue weighted by atomic mass is 32.2. The van der Waals surface area contributed by atoms with Crippen LogP contribution in [-0.2, 0) is 9.53 Å². The molecule has 146 valence electrons. The van der Waals surface area contributed by atoms with Crippen LogP contribution in [0.1, 0.15) is 26.3 Å². The van der Waals surface area contributed by atoms with E-state index in [2.05, 4.69) is 5.32 Å². The van der Waals surface area contributed by atoms with Gasteiger partial charge in [-0.2, -0.15) is 0 Å². The molecule has 3 amide bonds. The number of amides is 3. The van der Waals surface area contributed by atoms with Gasteiger partial charge in [0.1, 0.15) is 5.75 Å². The number of carbonyl (C=O) groups is 3. The summed E-state index contributed by atoms with van der Waals surface area (Å²) >= 11 is 0.887. The minimum Gasteiger partial charge on any atom is -0.494 e. The predicted octanol–water partition coefficient (Wildman–Crippen LogP) is 3.50. The molecule has 1 aromatic rings. The molecule has 0 atom stereocenters. The summed E-state index contributed by atoms with van der Waals surface area (Å²) in [6, 6.07) is 7.27. The Kier molecular flexibility index (Phi) is 7.72. The molecule has 0 unspecified atom stereocenters. The number of imide groups is 1. The summed E-state index contributed by atoms with van der Waals surface area (Å²) in [5.74, 6) is 0.624. The van der Waals surface area contributed by atoms with Crippen molar-refractivity contribution in [3.05, 3.63) is 34.7 Å². The molecule has 1 N–H and O–H groups in total. The highest BCUT2D eigenvalue weighted by Crippen LogP contribution is 2.32. The number of alkyl carbamates (subject to hydrolysis) is 1. The number of ether oxygens (including phenoxy) is 2. The number of hydrogen-bond acceptors (Lipinski definition) is 6. The minimum atomic E-state index is -0.555. The lowest BCUT2D eigenvalue weighted by Crippen LogP contribution is -2.37. The normalized spacial score (nSPS) is 15.6. The van der Waals surface area contributed by atoms with Gasteiger partial charge < -0.3 is 14.8 Å². The Morgan fingerprint density at radius 1 is 1.26 bits per heavy atom. The van der Waals surface area contributed by atoms with Crippen molar-refractivity contribution in [3.63, 3.8) is 0 Å². The number of carbonyl (C=O) groups excluding carboxylic acids is 3. The quantitative estimate of drug-likeness (QED) is 0.682. The van der Waals surface area contributed by atoms with E-state index >= 15 is 0 Å². The molecule has 1 aromatic carbocycles. The number of rotatable bonds is 8. The molecule has 0 aliphatic carbocycles. The van der Waals surface area contributed by atoms with E-state index in [1.807, 2.05) is 45.0 Å². The van der Waals surface area contributed by atoms with Crippen molar-refractivity contribution >= 4 is 35.1 Å². The molecule has 2 rings (SSSR count). The van der Waals surface area contributed by atoms with Gasteiger partial charge in [0.15, 0.2) is 0 Å². The number of nitrogens with zero attached hydrogens (tertiary/aromatic N) is 1. The molecule has 8 heteroatoms. The highest BCUT2D eigenvalue weighted by Gasteiger charge is 2.34. The molecule has 0 bridgehead atoms. The third-order valence-corrected chi connectivity index (χ3v) is 4.42.